The van der Waals surface area contributed by atoms with Crippen LogP contribution in [0.2, 0.25) is 0 Å². The zero-order chi connectivity index (χ0) is 18.2. The maximum absolute atomic E-state index is 12.5. The van der Waals surface area contributed by atoms with Gasteiger partial charge in [-0.2, -0.15) is 0 Å². The van der Waals surface area contributed by atoms with Gasteiger partial charge in [-0.1, -0.05) is 25.5 Å². The van der Waals surface area contributed by atoms with Gasteiger partial charge in [-0.15, -0.1) is 0 Å². The molecular weight excluding hydrogens is 304 g/mol. The summed E-state index contributed by atoms with van der Waals surface area (Å²) in [5, 5.41) is 20.7. The summed E-state index contributed by atoms with van der Waals surface area (Å²) >= 11 is 0. The molecule has 0 heterocycles. The highest BCUT2D eigenvalue weighted by Crippen LogP contribution is 2.45. The first kappa shape index (κ1) is 18.7. The summed E-state index contributed by atoms with van der Waals surface area (Å²) in [7, 11) is 0. The second kappa shape index (κ2) is 7.06. The van der Waals surface area contributed by atoms with Crippen molar-refractivity contribution in [2.24, 2.45) is 17.8 Å². The van der Waals surface area contributed by atoms with Gasteiger partial charge in [0.05, 0.1) is 6.10 Å². The molecule has 1 unspecified atom stereocenters. The number of Topliss-reactive ketones (excluding diaryl/α,β-unsaturated/α-hetero) is 2. The monoisotopic (exact) mass is 332 g/mol. The van der Waals surface area contributed by atoms with Gasteiger partial charge in [-0.25, -0.2) is 0 Å². The molecule has 24 heavy (non-hydrogen) atoms. The lowest BCUT2D eigenvalue weighted by molar-refractivity contribution is -0.133. The summed E-state index contributed by atoms with van der Waals surface area (Å²) in [6.45, 7) is 9.38. The Kier molecular flexibility index (Phi) is 5.49. The van der Waals surface area contributed by atoms with E-state index in [2.05, 4.69) is 0 Å². The van der Waals surface area contributed by atoms with E-state index in [4.69, 9.17) is 0 Å². The van der Waals surface area contributed by atoms with Crippen LogP contribution in [0.5, 0.6) is 0 Å². The third kappa shape index (κ3) is 3.39. The SMILES string of the molecule is CC(C)=CC(O)C[C@H](C)[C@H]1CC[C@H](C)C2=C1C(O)=C(C)C(=O)C2=O. The Morgan fingerprint density at radius 3 is 2.42 bits per heavy atom. The number of allylic oxidation sites excluding steroid dienone is 4. The molecule has 0 aromatic carbocycles. The molecule has 132 valence electrons. The van der Waals surface area contributed by atoms with Crippen LogP contribution in [0.4, 0.5) is 0 Å². The van der Waals surface area contributed by atoms with Crippen molar-refractivity contribution in [1.82, 2.24) is 0 Å². The van der Waals surface area contributed by atoms with Gasteiger partial charge in [0.15, 0.2) is 0 Å². The molecule has 4 atom stereocenters. The molecule has 0 spiro atoms. The minimum Gasteiger partial charge on any atom is -0.507 e. The van der Waals surface area contributed by atoms with Gasteiger partial charge < -0.3 is 10.2 Å². The fourth-order valence-corrected chi connectivity index (χ4v) is 4.00. The average Bonchev–Trinajstić information content (AvgIpc) is 2.49. The molecule has 0 aromatic rings. The second-order valence-corrected chi connectivity index (χ2v) is 7.57. The molecule has 2 aliphatic rings. The molecule has 0 aromatic heterocycles. The molecule has 0 bridgehead atoms. The van der Waals surface area contributed by atoms with Gasteiger partial charge in [0.2, 0.25) is 11.6 Å². The fraction of sp³-hybridized carbons (Fsp3) is 0.600. The number of hydrogen-bond donors (Lipinski definition) is 2. The largest absolute Gasteiger partial charge is 0.507 e. The zero-order valence-electron chi connectivity index (χ0n) is 15.2. The van der Waals surface area contributed by atoms with E-state index in [1.165, 1.54) is 6.92 Å². The van der Waals surface area contributed by atoms with Gasteiger partial charge in [0.25, 0.3) is 0 Å². The summed E-state index contributed by atoms with van der Waals surface area (Å²) in [6.07, 6.45) is 3.52. The van der Waals surface area contributed by atoms with Crippen LogP contribution >= 0.6 is 0 Å². The number of aliphatic hydroxyl groups excluding tert-OH is 2. The Morgan fingerprint density at radius 2 is 1.83 bits per heavy atom. The Balaban J connectivity index is 2.38. The third-order valence-electron chi connectivity index (χ3n) is 5.29. The number of aliphatic hydroxyl groups is 2. The lowest BCUT2D eigenvalue weighted by Gasteiger charge is -2.37. The van der Waals surface area contributed by atoms with E-state index in [0.717, 1.165) is 18.4 Å². The summed E-state index contributed by atoms with van der Waals surface area (Å²) in [4.78, 5) is 24.5. The molecule has 4 nitrogen and oxygen atoms in total. The van der Waals surface area contributed by atoms with Crippen LogP contribution in [0.15, 0.2) is 34.1 Å². The molecule has 0 radical (unpaired) electrons. The Morgan fingerprint density at radius 1 is 1.21 bits per heavy atom. The summed E-state index contributed by atoms with van der Waals surface area (Å²) in [5.74, 6) is -0.995. The van der Waals surface area contributed by atoms with Gasteiger partial charge in [0.1, 0.15) is 5.76 Å². The first-order valence-corrected chi connectivity index (χ1v) is 8.71. The number of ketones is 2. The summed E-state index contributed by atoms with van der Waals surface area (Å²) in [6, 6.07) is 0. The van der Waals surface area contributed by atoms with E-state index in [0.29, 0.717) is 17.6 Å². The molecule has 0 saturated heterocycles. The van der Waals surface area contributed by atoms with E-state index in [1.807, 2.05) is 33.8 Å². The predicted octanol–water partition coefficient (Wildman–Crippen LogP) is 3.67. The van der Waals surface area contributed by atoms with Crippen molar-refractivity contribution < 1.29 is 19.8 Å². The van der Waals surface area contributed by atoms with Crippen molar-refractivity contribution in [3.8, 4) is 0 Å². The van der Waals surface area contributed by atoms with Crippen molar-refractivity contribution >= 4 is 11.6 Å². The quantitative estimate of drug-likeness (QED) is 0.468. The van der Waals surface area contributed by atoms with E-state index in [9.17, 15) is 19.8 Å². The van der Waals surface area contributed by atoms with Crippen LogP contribution in [0, 0.1) is 17.8 Å². The van der Waals surface area contributed by atoms with Crippen LogP contribution in [0.3, 0.4) is 0 Å². The average molecular weight is 332 g/mol. The Labute approximate surface area is 144 Å². The molecule has 0 aliphatic heterocycles. The zero-order valence-corrected chi connectivity index (χ0v) is 15.2. The molecule has 0 amide bonds. The highest BCUT2D eigenvalue weighted by atomic mass is 16.3. The Bertz CT molecular complexity index is 647. The number of carbonyl (C=O) groups excluding carboxylic acids is 2. The van der Waals surface area contributed by atoms with Crippen LogP contribution < -0.4 is 0 Å². The third-order valence-corrected chi connectivity index (χ3v) is 5.29. The van der Waals surface area contributed by atoms with Crippen LogP contribution in [-0.2, 0) is 9.59 Å². The van der Waals surface area contributed by atoms with E-state index >= 15 is 0 Å². The van der Waals surface area contributed by atoms with Gasteiger partial charge in [0, 0.05) is 16.7 Å². The molecule has 0 saturated carbocycles. The van der Waals surface area contributed by atoms with Crippen LogP contribution in [0.25, 0.3) is 0 Å². The maximum atomic E-state index is 12.5. The van der Waals surface area contributed by atoms with E-state index in [-0.39, 0.29) is 29.1 Å². The standard InChI is InChI=1S/C20H28O4/c1-10(2)8-14(21)9-12(4)15-7-6-11(3)16-17(15)18(22)13(5)19(23)20(16)24/h8,11-12,14-15,21-22H,6-7,9H2,1-5H3/t11-,12-,14?,15+/m0/s1. The van der Waals surface area contributed by atoms with E-state index < -0.39 is 17.7 Å². The predicted molar refractivity (Wildman–Crippen MR) is 93.5 cm³/mol. The molecule has 0 fully saturated rings. The van der Waals surface area contributed by atoms with Crippen molar-refractivity contribution in [3.05, 3.63) is 34.1 Å². The van der Waals surface area contributed by atoms with Crippen LogP contribution in [0.1, 0.15) is 53.9 Å². The summed E-state index contributed by atoms with van der Waals surface area (Å²) in [5.41, 5.74) is 2.34. The number of hydrogen-bond acceptors (Lipinski definition) is 4. The topological polar surface area (TPSA) is 74.6 Å². The smallest absolute Gasteiger partial charge is 0.232 e. The van der Waals surface area contributed by atoms with Crippen molar-refractivity contribution in [2.45, 2.75) is 60.0 Å². The summed E-state index contributed by atoms with van der Waals surface area (Å²) < 4.78 is 0. The molecule has 2 N–H and O–H groups in total. The number of carbonyl (C=O) groups is 2. The molecule has 4 heteroatoms. The fourth-order valence-electron chi connectivity index (χ4n) is 4.00. The van der Waals surface area contributed by atoms with Crippen molar-refractivity contribution in [1.29, 1.82) is 0 Å². The van der Waals surface area contributed by atoms with Gasteiger partial charge >= 0.3 is 0 Å². The normalized spacial score (nSPS) is 27.1. The van der Waals surface area contributed by atoms with Crippen LogP contribution in [-0.4, -0.2) is 27.9 Å². The Hall–Kier alpha value is -1.68. The lowest BCUT2D eigenvalue weighted by Crippen LogP contribution is -2.35. The minimum atomic E-state index is -0.587. The molecule has 2 aliphatic carbocycles. The minimum absolute atomic E-state index is 0.0107. The maximum Gasteiger partial charge on any atom is 0.232 e. The van der Waals surface area contributed by atoms with Crippen molar-refractivity contribution in [2.75, 3.05) is 0 Å². The highest BCUT2D eigenvalue weighted by molar-refractivity contribution is 6.50. The first-order valence-electron chi connectivity index (χ1n) is 8.71. The second-order valence-electron chi connectivity index (χ2n) is 7.57. The van der Waals surface area contributed by atoms with E-state index in [1.54, 1.807) is 0 Å². The highest BCUT2D eigenvalue weighted by Gasteiger charge is 2.42. The number of rotatable bonds is 4. The molecular formula is C20H28O4. The van der Waals surface area contributed by atoms with Crippen molar-refractivity contribution in [3.63, 3.8) is 0 Å². The molecule has 2 rings (SSSR count). The van der Waals surface area contributed by atoms with Gasteiger partial charge in [-0.3, -0.25) is 9.59 Å². The van der Waals surface area contributed by atoms with Gasteiger partial charge in [-0.05, 0) is 57.8 Å². The first-order chi connectivity index (χ1) is 11.1. The lowest BCUT2D eigenvalue weighted by atomic mass is 9.67.